The van der Waals surface area contributed by atoms with E-state index >= 15 is 0 Å². The maximum atomic E-state index is 12.6. The number of phenols is 4. The molecule has 0 aliphatic carbocycles. The van der Waals surface area contributed by atoms with Crippen LogP contribution < -0.4 is 14.9 Å². The Morgan fingerprint density at radius 2 is 1.48 bits per heavy atom. The summed E-state index contributed by atoms with van der Waals surface area (Å²) in [5.74, 6) is -2.63. The summed E-state index contributed by atoms with van der Waals surface area (Å²) in [6.45, 7) is 0. The van der Waals surface area contributed by atoms with Crippen molar-refractivity contribution in [2.75, 3.05) is 14.2 Å². The molecule has 0 aliphatic heterocycles. The molecule has 0 radical (unpaired) electrons. The van der Waals surface area contributed by atoms with Gasteiger partial charge in [0.25, 0.3) is 0 Å². The monoisotopic (exact) mass is 320 g/mol. The summed E-state index contributed by atoms with van der Waals surface area (Å²) >= 11 is 0. The highest BCUT2D eigenvalue weighted by Crippen LogP contribution is 2.45. The Morgan fingerprint density at radius 1 is 0.913 bits per heavy atom. The van der Waals surface area contributed by atoms with E-state index in [0.29, 0.717) is 0 Å². The third-order valence-corrected chi connectivity index (χ3v) is 3.48. The SMILES string of the molecule is COc1c(O)cc2c(=O)c3c(O)c(OC)c(O)cc3oc2c1O. The third kappa shape index (κ3) is 1.88. The van der Waals surface area contributed by atoms with Crippen LogP contribution in [0.4, 0.5) is 0 Å². The van der Waals surface area contributed by atoms with Crippen molar-refractivity contribution in [3.63, 3.8) is 0 Å². The number of hydrogen-bond acceptors (Lipinski definition) is 8. The zero-order valence-electron chi connectivity index (χ0n) is 12.1. The highest BCUT2D eigenvalue weighted by molar-refractivity contribution is 5.98. The lowest BCUT2D eigenvalue weighted by Gasteiger charge is -2.11. The van der Waals surface area contributed by atoms with Gasteiger partial charge in [0.1, 0.15) is 11.0 Å². The molecule has 0 spiro atoms. The Balaban J connectivity index is 2.58. The molecule has 0 amide bonds. The van der Waals surface area contributed by atoms with Crippen LogP contribution >= 0.6 is 0 Å². The van der Waals surface area contributed by atoms with Crippen molar-refractivity contribution in [3.05, 3.63) is 22.4 Å². The first-order valence-corrected chi connectivity index (χ1v) is 6.39. The molecule has 0 fully saturated rings. The molecule has 1 aromatic heterocycles. The van der Waals surface area contributed by atoms with Gasteiger partial charge in [0, 0.05) is 6.07 Å². The molecule has 2 aromatic carbocycles. The van der Waals surface area contributed by atoms with Crippen LogP contribution in [0.15, 0.2) is 21.3 Å². The fourth-order valence-corrected chi connectivity index (χ4v) is 2.45. The molecule has 8 heteroatoms. The summed E-state index contributed by atoms with van der Waals surface area (Å²) < 4.78 is 15.1. The number of ether oxygens (including phenoxy) is 2. The van der Waals surface area contributed by atoms with Crippen LogP contribution in [0.1, 0.15) is 0 Å². The standard InChI is InChI=1S/C15H12O8/c1-21-14-7(17)4-8-9(11(14)19)10(18)5-3-6(16)15(22-2)12(20)13(5)23-8/h3-4,16-17,19-20H,1-2H3. The zero-order chi connectivity index (χ0) is 16.9. The molecule has 3 rings (SSSR count). The second-order valence-electron chi connectivity index (χ2n) is 4.74. The van der Waals surface area contributed by atoms with E-state index in [4.69, 9.17) is 13.9 Å². The summed E-state index contributed by atoms with van der Waals surface area (Å²) in [6, 6.07) is 2.13. The molecule has 0 saturated heterocycles. The Kier molecular flexibility index (Phi) is 3.10. The van der Waals surface area contributed by atoms with Crippen molar-refractivity contribution in [1.29, 1.82) is 0 Å². The maximum absolute atomic E-state index is 12.6. The minimum Gasteiger partial charge on any atom is -0.504 e. The van der Waals surface area contributed by atoms with E-state index in [2.05, 4.69) is 0 Å². The average Bonchev–Trinajstić information content (AvgIpc) is 2.49. The number of benzene rings is 2. The second kappa shape index (κ2) is 4.87. The number of methoxy groups -OCH3 is 2. The van der Waals surface area contributed by atoms with E-state index in [9.17, 15) is 25.2 Å². The van der Waals surface area contributed by atoms with Gasteiger partial charge in [-0.05, 0) is 6.07 Å². The lowest BCUT2D eigenvalue weighted by atomic mass is 10.1. The molecule has 0 bridgehead atoms. The molecule has 0 saturated carbocycles. The molecule has 4 N–H and O–H groups in total. The summed E-state index contributed by atoms with van der Waals surface area (Å²) in [7, 11) is 2.44. The van der Waals surface area contributed by atoms with Crippen LogP contribution in [0.3, 0.4) is 0 Å². The van der Waals surface area contributed by atoms with E-state index in [-0.39, 0.29) is 33.4 Å². The predicted molar refractivity (Wildman–Crippen MR) is 79.8 cm³/mol. The Bertz CT molecular complexity index is 1000. The van der Waals surface area contributed by atoms with Crippen molar-refractivity contribution >= 4 is 21.9 Å². The van der Waals surface area contributed by atoms with Crippen LogP contribution in [0.2, 0.25) is 0 Å². The molecule has 23 heavy (non-hydrogen) atoms. The quantitative estimate of drug-likeness (QED) is 0.526. The molecule has 1 heterocycles. The molecule has 0 unspecified atom stereocenters. The fourth-order valence-electron chi connectivity index (χ4n) is 2.45. The largest absolute Gasteiger partial charge is 0.504 e. The number of hydrogen-bond donors (Lipinski definition) is 4. The van der Waals surface area contributed by atoms with E-state index in [1.54, 1.807) is 0 Å². The molecule has 0 atom stereocenters. The van der Waals surface area contributed by atoms with Gasteiger partial charge >= 0.3 is 0 Å². The van der Waals surface area contributed by atoms with E-state index < -0.39 is 28.4 Å². The Labute approximate surface area is 128 Å². The number of fused-ring (bicyclic) bond motifs is 2. The highest BCUT2D eigenvalue weighted by atomic mass is 16.5. The average molecular weight is 320 g/mol. The van der Waals surface area contributed by atoms with Crippen LogP contribution in [0.5, 0.6) is 34.5 Å². The lowest BCUT2D eigenvalue weighted by molar-refractivity contribution is 0.343. The van der Waals surface area contributed by atoms with Crippen molar-refractivity contribution in [1.82, 2.24) is 0 Å². The maximum Gasteiger partial charge on any atom is 0.206 e. The minimum atomic E-state index is -0.717. The number of rotatable bonds is 2. The minimum absolute atomic E-state index is 0.165. The third-order valence-electron chi connectivity index (χ3n) is 3.48. The van der Waals surface area contributed by atoms with Gasteiger partial charge in [-0.1, -0.05) is 0 Å². The molecule has 0 aliphatic rings. The number of aromatic hydroxyl groups is 4. The topological polar surface area (TPSA) is 130 Å². The van der Waals surface area contributed by atoms with Gasteiger partial charge in [0.2, 0.25) is 22.7 Å². The molecular weight excluding hydrogens is 308 g/mol. The van der Waals surface area contributed by atoms with Crippen molar-refractivity contribution < 1.29 is 34.3 Å². The van der Waals surface area contributed by atoms with Crippen LogP contribution in [0.25, 0.3) is 21.9 Å². The van der Waals surface area contributed by atoms with E-state index in [0.717, 1.165) is 12.1 Å². The second-order valence-corrected chi connectivity index (χ2v) is 4.74. The van der Waals surface area contributed by atoms with Gasteiger partial charge in [0.15, 0.2) is 22.8 Å². The lowest BCUT2D eigenvalue weighted by Crippen LogP contribution is -2.04. The fraction of sp³-hybridized carbons (Fsp3) is 0.133. The van der Waals surface area contributed by atoms with Crippen molar-refractivity contribution in [2.45, 2.75) is 0 Å². The highest BCUT2D eigenvalue weighted by Gasteiger charge is 2.23. The number of phenolic OH excluding ortho intramolecular Hbond substituents is 4. The van der Waals surface area contributed by atoms with Crippen LogP contribution in [0, 0.1) is 0 Å². The smallest absolute Gasteiger partial charge is 0.206 e. The first-order chi connectivity index (χ1) is 10.9. The molecule has 120 valence electrons. The molecule has 8 nitrogen and oxygen atoms in total. The summed E-state index contributed by atoms with van der Waals surface area (Å²) in [6.07, 6.45) is 0. The van der Waals surface area contributed by atoms with Gasteiger partial charge in [0.05, 0.1) is 19.6 Å². The van der Waals surface area contributed by atoms with Gasteiger partial charge in [-0.15, -0.1) is 0 Å². The van der Waals surface area contributed by atoms with E-state index in [1.807, 2.05) is 0 Å². The zero-order valence-corrected chi connectivity index (χ0v) is 12.1. The normalized spacial score (nSPS) is 11.0. The van der Waals surface area contributed by atoms with Crippen LogP contribution in [-0.2, 0) is 0 Å². The first kappa shape index (κ1) is 14.6. The summed E-state index contributed by atoms with van der Waals surface area (Å²) in [4.78, 5) is 12.6. The van der Waals surface area contributed by atoms with Gasteiger partial charge in [-0.25, -0.2) is 0 Å². The van der Waals surface area contributed by atoms with E-state index in [1.165, 1.54) is 14.2 Å². The predicted octanol–water partition coefficient (Wildman–Crippen LogP) is 1.79. The summed E-state index contributed by atoms with van der Waals surface area (Å²) in [5.41, 5.74) is -1.13. The molecular formula is C15H12O8. The Hall–Kier alpha value is -3.29. The first-order valence-electron chi connectivity index (χ1n) is 6.39. The van der Waals surface area contributed by atoms with Crippen molar-refractivity contribution in [3.8, 4) is 34.5 Å². The van der Waals surface area contributed by atoms with Crippen molar-refractivity contribution in [2.24, 2.45) is 0 Å². The van der Waals surface area contributed by atoms with Gasteiger partial charge in [-0.2, -0.15) is 0 Å². The summed E-state index contributed by atoms with van der Waals surface area (Å²) in [5, 5.41) is 39.4. The van der Waals surface area contributed by atoms with Gasteiger partial charge < -0.3 is 34.3 Å². The Morgan fingerprint density at radius 3 is 2.09 bits per heavy atom. The van der Waals surface area contributed by atoms with Crippen LogP contribution in [-0.4, -0.2) is 34.6 Å². The van der Waals surface area contributed by atoms with Gasteiger partial charge in [-0.3, -0.25) is 4.79 Å². The molecule has 3 aromatic rings.